The number of anilines is 3. The Bertz CT molecular complexity index is 2960. The molecular weight excluding hydrogens is 695 g/mol. The highest BCUT2D eigenvalue weighted by Crippen LogP contribution is 2.68. The predicted molar refractivity (Wildman–Crippen MR) is 221 cm³/mol. The lowest BCUT2D eigenvalue weighted by molar-refractivity contribution is -0.0446. The van der Waals surface area contributed by atoms with Crippen molar-refractivity contribution >= 4 is 59.6 Å². The minimum Gasteiger partial charge on any atom is -0.455 e. The number of hydrogen-bond acceptors (Lipinski definition) is 4. The maximum absolute atomic E-state index is 15.0. The van der Waals surface area contributed by atoms with Crippen LogP contribution in [0.1, 0.15) is 43.2 Å². The van der Waals surface area contributed by atoms with Crippen LogP contribution in [0, 0.1) is 23.7 Å². The van der Waals surface area contributed by atoms with Crippen molar-refractivity contribution < 1.29 is 12.8 Å². The molecule has 5 heteroatoms. The molecule has 4 nitrogen and oxygen atoms in total. The van der Waals surface area contributed by atoms with Crippen molar-refractivity contribution in [1.29, 1.82) is 0 Å². The SMILES string of the molecule is O=S1(=O)c2ccccc2C2(c3ccc(N(c4cccc(-c5cccc6c5oc5ccccc56)c4)c4cccc5ccccc45)cc31)C1CC3CC(C1)CC2C3. The van der Waals surface area contributed by atoms with E-state index in [1.165, 1.54) is 32.1 Å². The molecule has 4 fully saturated rings. The largest absolute Gasteiger partial charge is 0.455 e. The van der Waals surface area contributed by atoms with Crippen molar-refractivity contribution in [3.8, 4) is 11.1 Å². The molecule has 8 aromatic rings. The van der Waals surface area contributed by atoms with Gasteiger partial charge in [-0.1, -0.05) is 109 Å². The van der Waals surface area contributed by atoms with Gasteiger partial charge in [-0.05, 0) is 120 Å². The van der Waals surface area contributed by atoms with Crippen LogP contribution in [0.5, 0.6) is 0 Å². The van der Waals surface area contributed by atoms with E-state index in [0.29, 0.717) is 21.6 Å². The molecule has 4 bridgehead atoms. The van der Waals surface area contributed by atoms with E-state index in [4.69, 9.17) is 4.42 Å². The maximum Gasteiger partial charge on any atom is 0.207 e. The number of hydrogen-bond donors (Lipinski definition) is 0. The minimum atomic E-state index is -3.80. The first-order valence-corrected chi connectivity index (χ1v) is 21.2. The lowest BCUT2D eigenvalue weighted by Gasteiger charge is -2.63. The second kappa shape index (κ2) is 11.4. The van der Waals surface area contributed by atoms with Gasteiger partial charge in [-0.2, -0.15) is 0 Å². The van der Waals surface area contributed by atoms with Gasteiger partial charge in [-0.3, -0.25) is 0 Å². The topological polar surface area (TPSA) is 50.5 Å². The lowest BCUT2D eigenvalue weighted by atomic mass is 9.42. The van der Waals surface area contributed by atoms with E-state index in [1.54, 1.807) is 0 Å². The van der Waals surface area contributed by atoms with Crippen LogP contribution in [-0.4, -0.2) is 8.42 Å². The van der Waals surface area contributed by atoms with Crippen LogP contribution in [0.25, 0.3) is 43.8 Å². The van der Waals surface area contributed by atoms with Crippen LogP contribution in [0.3, 0.4) is 0 Å². The number of nitrogens with zero attached hydrogens (tertiary/aromatic N) is 1. The molecule has 268 valence electrons. The monoisotopic (exact) mass is 733 g/mol. The van der Waals surface area contributed by atoms with Gasteiger partial charge >= 0.3 is 0 Å². The number of rotatable bonds is 4. The van der Waals surface area contributed by atoms with Crippen molar-refractivity contribution in [3.63, 3.8) is 0 Å². The molecule has 0 radical (unpaired) electrons. The fourth-order valence-electron chi connectivity index (χ4n) is 11.9. The maximum atomic E-state index is 15.0. The Balaban J connectivity index is 1.09. The summed E-state index contributed by atoms with van der Waals surface area (Å²) in [6.07, 6.45) is 6.11. The molecule has 2 heterocycles. The molecule has 0 saturated heterocycles. The van der Waals surface area contributed by atoms with Crippen LogP contribution < -0.4 is 4.90 Å². The van der Waals surface area contributed by atoms with Gasteiger partial charge in [-0.25, -0.2) is 8.42 Å². The lowest BCUT2D eigenvalue weighted by Crippen LogP contribution is -2.57. The van der Waals surface area contributed by atoms with Crippen molar-refractivity contribution in [2.24, 2.45) is 23.7 Å². The van der Waals surface area contributed by atoms with Crippen LogP contribution in [0.4, 0.5) is 17.1 Å². The van der Waals surface area contributed by atoms with Crippen molar-refractivity contribution in [3.05, 3.63) is 163 Å². The summed E-state index contributed by atoms with van der Waals surface area (Å²) in [5.41, 5.74) is 8.32. The molecule has 0 unspecified atom stereocenters. The third-order valence-electron chi connectivity index (χ3n) is 13.8. The molecule has 0 atom stereocenters. The molecule has 5 aliphatic rings. The number of furan rings is 1. The molecule has 1 spiro atoms. The van der Waals surface area contributed by atoms with E-state index in [2.05, 4.69) is 126 Å². The van der Waals surface area contributed by atoms with Gasteiger partial charge in [0.2, 0.25) is 9.84 Å². The Hall–Kier alpha value is -5.65. The molecular formula is C50H39NO3S. The van der Waals surface area contributed by atoms with E-state index < -0.39 is 9.84 Å². The van der Waals surface area contributed by atoms with Crippen LogP contribution >= 0.6 is 0 Å². The molecule has 0 amide bonds. The van der Waals surface area contributed by atoms with E-state index in [9.17, 15) is 8.42 Å². The first-order valence-electron chi connectivity index (χ1n) is 19.8. The van der Waals surface area contributed by atoms with Gasteiger partial charge in [0.1, 0.15) is 11.2 Å². The van der Waals surface area contributed by atoms with Gasteiger partial charge in [0.15, 0.2) is 0 Å². The van der Waals surface area contributed by atoms with Crippen LogP contribution in [-0.2, 0) is 15.3 Å². The molecule has 13 rings (SSSR count). The standard InChI is InChI=1S/C50H39NO3S/c52-55(53)47-21-6-4-18-43(47)50(35-25-31-24-32(27-35)28-36(50)26-31)44-23-22-38(30-48(44)55)51(45-19-8-11-33-10-1-2-14-39(33)45)37-13-7-12-34(29-37)40-16-9-17-42-41-15-3-5-20-46(41)54-49(40)42/h1-23,29-32,35-36H,24-28H2. The van der Waals surface area contributed by atoms with E-state index >= 15 is 0 Å². The number of fused-ring (bicyclic) bond motifs is 6. The smallest absolute Gasteiger partial charge is 0.207 e. The summed E-state index contributed by atoms with van der Waals surface area (Å²) in [5.74, 6) is 2.44. The normalized spacial score (nSPS) is 24.4. The van der Waals surface area contributed by atoms with Gasteiger partial charge < -0.3 is 9.32 Å². The first-order chi connectivity index (χ1) is 27.0. The summed E-state index contributed by atoms with van der Waals surface area (Å²) < 4.78 is 36.5. The van der Waals surface area contributed by atoms with Crippen molar-refractivity contribution in [1.82, 2.24) is 0 Å². The summed E-state index contributed by atoms with van der Waals surface area (Å²) in [7, 11) is -3.80. The minimum absolute atomic E-state index is 0.279. The number of benzene rings is 7. The molecule has 55 heavy (non-hydrogen) atoms. The van der Waals surface area contributed by atoms with E-state index in [-0.39, 0.29) is 5.41 Å². The summed E-state index contributed by atoms with van der Waals surface area (Å²) >= 11 is 0. The van der Waals surface area contributed by atoms with Crippen LogP contribution in [0.15, 0.2) is 166 Å². The summed E-state index contributed by atoms with van der Waals surface area (Å²) in [6.45, 7) is 0. The fourth-order valence-corrected chi connectivity index (χ4v) is 13.8. The molecule has 4 saturated carbocycles. The van der Waals surface area contributed by atoms with Crippen molar-refractivity contribution in [2.75, 3.05) is 4.90 Å². The molecule has 0 N–H and O–H groups in total. The third-order valence-corrected chi connectivity index (χ3v) is 15.7. The molecule has 4 aliphatic carbocycles. The summed E-state index contributed by atoms with van der Waals surface area (Å²) in [4.78, 5) is 3.24. The Kier molecular flexibility index (Phi) is 6.59. The number of sulfone groups is 1. The molecule has 1 aliphatic heterocycles. The van der Waals surface area contributed by atoms with Crippen LogP contribution in [0.2, 0.25) is 0 Å². The van der Waals surface area contributed by atoms with Gasteiger partial charge in [0.05, 0.1) is 15.5 Å². The average molecular weight is 734 g/mol. The van der Waals surface area contributed by atoms with E-state index in [1.807, 2.05) is 30.3 Å². The molecule has 7 aromatic carbocycles. The molecule has 1 aromatic heterocycles. The third kappa shape index (κ3) is 4.36. The zero-order chi connectivity index (χ0) is 36.5. The zero-order valence-electron chi connectivity index (χ0n) is 30.4. The second-order valence-electron chi connectivity index (χ2n) is 16.5. The summed E-state index contributed by atoms with van der Waals surface area (Å²) in [5, 5.41) is 4.41. The Labute approximate surface area is 321 Å². The zero-order valence-corrected chi connectivity index (χ0v) is 31.2. The Morgan fingerprint density at radius 2 is 1.20 bits per heavy atom. The Morgan fingerprint density at radius 3 is 2.05 bits per heavy atom. The Morgan fingerprint density at radius 1 is 0.545 bits per heavy atom. The highest BCUT2D eigenvalue weighted by Gasteiger charge is 2.62. The quantitative estimate of drug-likeness (QED) is 0.181. The number of para-hydroxylation sites is 2. The van der Waals surface area contributed by atoms with Crippen molar-refractivity contribution in [2.45, 2.75) is 47.3 Å². The highest BCUT2D eigenvalue weighted by atomic mass is 32.2. The van der Waals surface area contributed by atoms with Gasteiger partial charge in [0.25, 0.3) is 0 Å². The van der Waals surface area contributed by atoms with Gasteiger partial charge in [0, 0.05) is 38.5 Å². The second-order valence-corrected chi connectivity index (χ2v) is 18.4. The average Bonchev–Trinajstić information content (AvgIpc) is 3.60. The van der Waals surface area contributed by atoms with E-state index in [0.717, 1.165) is 83.9 Å². The fraction of sp³-hybridized carbons (Fsp3) is 0.200. The predicted octanol–water partition coefficient (Wildman–Crippen LogP) is 12.8. The summed E-state index contributed by atoms with van der Waals surface area (Å²) in [6, 6.07) is 52.3. The highest BCUT2D eigenvalue weighted by molar-refractivity contribution is 7.91. The first kappa shape index (κ1) is 31.7. The van der Waals surface area contributed by atoms with Gasteiger partial charge in [-0.15, -0.1) is 0 Å².